The summed E-state index contributed by atoms with van der Waals surface area (Å²) in [4.78, 5) is 4.18. The van der Waals surface area contributed by atoms with E-state index >= 15 is 0 Å². The van der Waals surface area contributed by atoms with E-state index in [-0.39, 0.29) is 0 Å². The predicted molar refractivity (Wildman–Crippen MR) is 79.2 cm³/mol. The van der Waals surface area contributed by atoms with Crippen LogP contribution in [0.1, 0.15) is 5.56 Å². The average molecular weight is 284 g/mol. The Morgan fingerprint density at radius 2 is 2.06 bits per heavy atom. The highest BCUT2D eigenvalue weighted by atomic mass is 35.5. The van der Waals surface area contributed by atoms with Gasteiger partial charge in [-0.3, -0.25) is 0 Å². The van der Waals surface area contributed by atoms with Crippen LogP contribution in [-0.4, -0.2) is 21.6 Å². The van der Waals surface area contributed by atoms with Gasteiger partial charge in [-0.1, -0.05) is 11.6 Å². The van der Waals surface area contributed by atoms with Crippen molar-refractivity contribution in [3.63, 3.8) is 0 Å². The maximum absolute atomic E-state index is 5.93. The summed E-state index contributed by atoms with van der Waals surface area (Å²) in [5.74, 6) is 1.13. The Morgan fingerprint density at radius 1 is 1.39 bits per heavy atom. The maximum atomic E-state index is 5.93. The van der Waals surface area contributed by atoms with Crippen molar-refractivity contribution < 1.29 is 9.16 Å². The van der Waals surface area contributed by atoms with E-state index in [9.17, 15) is 0 Å². The molecule has 0 aromatic heterocycles. The molecular weight excluding hydrogens is 266 g/mol. The van der Waals surface area contributed by atoms with Gasteiger partial charge in [0.25, 0.3) is 0 Å². The van der Waals surface area contributed by atoms with Crippen molar-refractivity contribution in [3.8, 4) is 5.75 Å². The normalized spacial score (nSPS) is 11.6. The van der Waals surface area contributed by atoms with Crippen molar-refractivity contribution >= 4 is 26.1 Å². The van der Waals surface area contributed by atoms with E-state index in [0.29, 0.717) is 16.7 Å². The summed E-state index contributed by atoms with van der Waals surface area (Å²) in [5, 5.41) is 0.633. The minimum atomic E-state index is -1.66. The van der Waals surface area contributed by atoms with Gasteiger partial charge in [0.2, 0.25) is 8.32 Å². The van der Waals surface area contributed by atoms with Gasteiger partial charge >= 0.3 is 0 Å². The molecule has 0 amide bonds. The molecule has 1 aromatic rings. The fourth-order valence-corrected chi connectivity index (χ4v) is 2.27. The van der Waals surface area contributed by atoms with Crippen LogP contribution in [-0.2, 0) is 4.43 Å². The molecule has 0 saturated heterocycles. The Labute approximate surface area is 114 Å². The van der Waals surface area contributed by atoms with Crippen molar-refractivity contribution in [1.82, 2.24) is 0 Å². The van der Waals surface area contributed by atoms with Gasteiger partial charge < -0.3 is 9.16 Å². The van der Waals surface area contributed by atoms with E-state index in [1.807, 2.05) is 0 Å². The summed E-state index contributed by atoms with van der Waals surface area (Å²) in [7, 11) is -0.0568. The Morgan fingerprint density at radius 3 is 2.61 bits per heavy atom. The van der Waals surface area contributed by atoms with Crippen LogP contribution >= 0.6 is 11.6 Å². The molecule has 0 radical (unpaired) electrons. The Bertz CT molecular complexity index is 467. The monoisotopic (exact) mass is 283 g/mol. The molecule has 0 fully saturated rings. The van der Waals surface area contributed by atoms with Gasteiger partial charge in [0.15, 0.2) is 5.88 Å². The number of nitrogens with zero attached hydrogens (tertiary/aromatic N) is 1. The second-order valence-corrected chi connectivity index (χ2v) is 9.62. The predicted octanol–water partition coefficient (Wildman–Crippen LogP) is 4.09. The van der Waals surface area contributed by atoms with Gasteiger partial charge in [0.05, 0.1) is 7.11 Å². The first-order valence-corrected chi connectivity index (χ1v) is 9.36. The van der Waals surface area contributed by atoms with Crippen LogP contribution in [0, 0.1) is 0 Å². The van der Waals surface area contributed by atoms with Crippen LogP contribution in [0.15, 0.2) is 35.7 Å². The standard InChI is InChI=1S/C13H18ClNO2Si/c1-10(17-18(3,4)5)15-9-11-8-12(14)6-7-13(11)16-2/h6-9H,1H2,2-5H3/b15-9+. The molecular formula is C13H18ClNO2Si. The van der Waals surface area contributed by atoms with Crippen LogP contribution < -0.4 is 4.74 Å². The smallest absolute Gasteiger partial charge is 0.244 e. The number of hydrogen-bond donors (Lipinski definition) is 0. The first-order chi connectivity index (χ1) is 8.31. The van der Waals surface area contributed by atoms with Gasteiger partial charge in [-0.2, -0.15) is 0 Å². The van der Waals surface area contributed by atoms with Crippen molar-refractivity contribution in [2.45, 2.75) is 19.6 Å². The van der Waals surface area contributed by atoms with Crippen LogP contribution in [0.4, 0.5) is 0 Å². The third-order valence-electron chi connectivity index (χ3n) is 1.96. The van der Waals surface area contributed by atoms with Crippen LogP contribution in [0.2, 0.25) is 24.7 Å². The molecule has 0 spiro atoms. The van der Waals surface area contributed by atoms with Gasteiger partial charge in [-0.05, 0) is 44.4 Å². The molecule has 0 aliphatic heterocycles. The quantitative estimate of drug-likeness (QED) is 0.463. The maximum Gasteiger partial charge on any atom is 0.244 e. The second kappa shape index (κ2) is 6.07. The molecule has 1 rings (SSSR count). The van der Waals surface area contributed by atoms with E-state index in [1.54, 1.807) is 31.5 Å². The van der Waals surface area contributed by atoms with Crippen LogP contribution in [0.25, 0.3) is 0 Å². The molecule has 18 heavy (non-hydrogen) atoms. The number of rotatable bonds is 5. The zero-order valence-corrected chi connectivity index (χ0v) is 12.9. The van der Waals surface area contributed by atoms with Crippen molar-refractivity contribution in [2.24, 2.45) is 4.99 Å². The third-order valence-corrected chi connectivity index (χ3v) is 3.05. The number of hydrogen-bond acceptors (Lipinski definition) is 3. The van der Waals surface area contributed by atoms with E-state index in [0.717, 1.165) is 5.56 Å². The van der Waals surface area contributed by atoms with Crippen molar-refractivity contribution in [3.05, 3.63) is 41.2 Å². The van der Waals surface area contributed by atoms with E-state index < -0.39 is 8.32 Å². The molecule has 0 atom stereocenters. The van der Waals surface area contributed by atoms with Crippen LogP contribution in [0.3, 0.4) is 0 Å². The largest absolute Gasteiger partial charge is 0.532 e. The first kappa shape index (κ1) is 14.8. The molecule has 1 aromatic carbocycles. The SMILES string of the molecule is C=C(/N=C/c1cc(Cl)ccc1OC)O[Si](C)(C)C. The third kappa shape index (κ3) is 4.94. The highest BCUT2D eigenvalue weighted by Gasteiger charge is 2.16. The fourth-order valence-electron chi connectivity index (χ4n) is 1.33. The molecule has 5 heteroatoms. The zero-order chi connectivity index (χ0) is 13.8. The minimum Gasteiger partial charge on any atom is -0.532 e. The van der Waals surface area contributed by atoms with E-state index in [4.69, 9.17) is 20.8 Å². The Balaban J connectivity index is 2.84. The molecule has 0 unspecified atom stereocenters. The van der Waals surface area contributed by atoms with Crippen molar-refractivity contribution in [1.29, 1.82) is 0 Å². The molecule has 0 aliphatic rings. The summed E-state index contributed by atoms with van der Waals surface area (Å²) in [6.45, 7) is 10.0. The molecule has 3 nitrogen and oxygen atoms in total. The number of methoxy groups -OCH3 is 1. The molecule has 0 heterocycles. The van der Waals surface area contributed by atoms with Gasteiger partial charge in [-0.25, -0.2) is 4.99 Å². The molecule has 0 bridgehead atoms. The van der Waals surface area contributed by atoms with Gasteiger partial charge in [0.1, 0.15) is 5.75 Å². The van der Waals surface area contributed by atoms with E-state index in [1.165, 1.54) is 0 Å². The highest BCUT2D eigenvalue weighted by molar-refractivity contribution is 6.70. The second-order valence-electron chi connectivity index (χ2n) is 4.75. The minimum absolute atomic E-state index is 0.413. The summed E-state index contributed by atoms with van der Waals surface area (Å²) in [6, 6.07) is 5.35. The van der Waals surface area contributed by atoms with Crippen molar-refractivity contribution in [2.75, 3.05) is 7.11 Å². The summed E-state index contributed by atoms with van der Waals surface area (Å²) < 4.78 is 10.9. The lowest BCUT2D eigenvalue weighted by Crippen LogP contribution is -2.24. The van der Waals surface area contributed by atoms with E-state index in [2.05, 4.69) is 31.2 Å². The van der Waals surface area contributed by atoms with Crippen LogP contribution in [0.5, 0.6) is 5.75 Å². The lowest BCUT2D eigenvalue weighted by Gasteiger charge is -2.18. The fraction of sp³-hybridized carbons (Fsp3) is 0.308. The summed E-state index contributed by atoms with van der Waals surface area (Å²) in [5.41, 5.74) is 0.797. The highest BCUT2D eigenvalue weighted by Crippen LogP contribution is 2.21. The Hall–Kier alpha value is -1.26. The summed E-state index contributed by atoms with van der Waals surface area (Å²) in [6.07, 6.45) is 1.65. The Kier molecular flexibility index (Phi) is 4.99. The summed E-state index contributed by atoms with van der Waals surface area (Å²) >= 11 is 5.93. The topological polar surface area (TPSA) is 30.8 Å². The number of halogens is 1. The molecule has 0 N–H and O–H groups in total. The lowest BCUT2D eigenvalue weighted by atomic mass is 10.2. The molecule has 0 saturated carbocycles. The average Bonchev–Trinajstić information content (AvgIpc) is 2.24. The number of ether oxygens (including phenoxy) is 1. The molecule has 98 valence electrons. The molecule has 0 aliphatic carbocycles. The van der Waals surface area contributed by atoms with Gasteiger partial charge in [0, 0.05) is 16.8 Å². The van der Waals surface area contributed by atoms with Gasteiger partial charge in [-0.15, -0.1) is 0 Å². The zero-order valence-electron chi connectivity index (χ0n) is 11.2. The lowest BCUT2D eigenvalue weighted by molar-refractivity contribution is 0.413. The number of aliphatic imine (C=N–C) groups is 1. The number of benzene rings is 1. The first-order valence-electron chi connectivity index (χ1n) is 5.57.